The van der Waals surface area contributed by atoms with Crippen molar-refractivity contribution in [2.75, 3.05) is 6.54 Å². The van der Waals surface area contributed by atoms with E-state index in [1.165, 1.54) is 12.1 Å². The second-order valence-corrected chi connectivity index (χ2v) is 5.17. The molecule has 2 N–H and O–H groups in total. The molecule has 0 radical (unpaired) electrons. The highest BCUT2D eigenvalue weighted by Crippen LogP contribution is 2.23. The monoisotopic (exact) mass is 264 g/mol. The first-order chi connectivity index (χ1) is 9.11. The Hall–Kier alpha value is -1.42. The highest BCUT2D eigenvalue weighted by molar-refractivity contribution is 5.94. The molecule has 1 aliphatic carbocycles. The third-order valence-corrected chi connectivity index (χ3v) is 3.86. The van der Waals surface area contributed by atoms with Gasteiger partial charge in [-0.2, -0.15) is 0 Å². The standard InChI is InChI=1S/C15H21FN2O/c1-2-18(14-8-6-13(17)7-9-14)15(19)11-4-3-5-12(16)10-11/h3-5,10,13-14H,2,6-9,17H2,1H3. The van der Waals surface area contributed by atoms with Crippen LogP contribution in [0.15, 0.2) is 24.3 Å². The van der Waals surface area contributed by atoms with Crippen LogP contribution in [0.25, 0.3) is 0 Å². The minimum absolute atomic E-state index is 0.0810. The van der Waals surface area contributed by atoms with Crippen molar-refractivity contribution in [3.05, 3.63) is 35.6 Å². The van der Waals surface area contributed by atoms with Crippen LogP contribution in [0.5, 0.6) is 0 Å². The van der Waals surface area contributed by atoms with E-state index >= 15 is 0 Å². The van der Waals surface area contributed by atoms with Crippen LogP contribution in [0.4, 0.5) is 4.39 Å². The molecular formula is C15H21FN2O. The molecule has 0 heterocycles. The lowest BCUT2D eigenvalue weighted by molar-refractivity contribution is 0.0640. The van der Waals surface area contributed by atoms with Crippen molar-refractivity contribution in [3.8, 4) is 0 Å². The minimum atomic E-state index is -0.368. The van der Waals surface area contributed by atoms with Crippen LogP contribution in [0.1, 0.15) is 43.0 Å². The Bertz CT molecular complexity index is 442. The zero-order chi connectivity index (χ0) is 13.8. The van der Waals surface area contributed by atoms with Crippen LogP contribution in [0.3, 0.4) is 0 Å². The summed E-state index contributed by atoms with van der Waals surface area (Å²) in [5.74, 6) is -0.449. The van der Waals surface area contributed by atoms with E-state index in [-0.39, 0.29) is 23.8 Å². The number of carbonyl (C=O) groups is 1. The summed E-state index contributed by atoms with van der Waals surface area (Å²) in [6.07, 6.45) is 3.79. The van der Waals surface area contributed by atoms with Gasteiger partial charge < -0.3 is 10.6 Å². The first kappa shape index (κ1) is 14.0. The van der Waals surface area contributed by atoms with E-state index in [0.717, 1.165) is 25.7 Å². The largest absolute Gasteiger partial charge is 0.336 e. The molecule has 4 heteroatoms. The van der Waals surface area contributed by atoms with Gasteiger partial charge in [0.25, 0.3) is 5.91 Å². The summed E-state index contributed by atoms with van der Waals surface area (Å²) in [7, 11) is 0. The van der Waals surface area contributed by atoms with Crippen molar-refractivity contribution < 1.29 is 9.18 Å². The third-order valence-electron chi connectivity index (χ3n) is 3.86. The fraction of sp³-hybridized carbons (Fsp3) is 0.533. The van der Waals surface area contributed by atoms with Crippen molar-refractivity contribution in [1.82, 2.24) is 4.90 Å². The predicted octanol–water partition coefficient (Wildman–Crippen LogP) is 2.56. The zero-order valence-corrected chi connectivity index (χ0v) is 11.3. The van der Waals surface area contributed by atoms with Crippen LogP contribution in [-0.2, 0) is 0 Å². The molecule has 0 aromatic heterocycles. The van der Waals surface area contributed by atoms with Gasteiger partial charge in [0.05, 0.1) is 0 Å². The lowest BCUT2D eigenvalue weighted by Gasteiger charge is -2.35. The van der Waals surface area contributed by atoms with Crippen molar-refractivity contribution in [2.45, 2.75) is 44.7 Å². The maximum atomic E-state index is 13.2. The predicted molar refractivity (Wildman–Crippen MR) is 73.3 cm³/mol. The molecule has 1 amide bonds. The first-order valence-electron chi connectivity index (χ1n) is 6.94. The number of nitrogens with zero attached hydrogens (tertiary/aromatic N) is 1. The van der Waals surface area contributed by atoms with Gasteiger partial charge in [0, 0.05) is 24.2 Å². The molecule has 2 rings (SSSR count). The molecule has 0 bridgehead atoms. The summed E-state index contributed by atoms with van der Waals surface area (Å²) in [5, 5.41) is 0. The van der Waals surface area contributed by atoms with Crippen molar-refractivity contribution in [2.24, 2.45) is 5.73 Å². The van der Waals surface area contributed by atoms with Gasteiger partial charge in [0.2, 0.25) is 0 Å². The molecule has 0 saturated heterocycles. The van der Waals surface area contributed by atoms with Gasteiger partial charge in [-0.3, -0.25) is 4.79 Å². The third kappa shape index (κ3) is 3.32. The van der Waals surface area contributed by atoms with Crippen LogP contribution in [-0.4, -0.2) is 29.4 Å². The van der Waals surface area contributed by atoms with Gasteiger partial charge >= 0.3 is 0 Å². The minimum Gasteiger partial charge on any atom is -0.336 e. The van der Waals surface area contributed by atoms with E-state index in [4.69, 9.17) is 5.73 Å². The topological polar surface area (TPSA) is 46.3 Å². The Kier molecular flexibility index (Phi) is 4.53. The van der Waals surface area contributed by atoms with E-state index in [1.807, 2.05) is 11.8 Å². The van der Waals surface area contributed by atoms with Gasteiger partial charge in [0.15, 0.2) is 0 Å². The molecule has 3 nitrogen and oxygen atoms in total. The van der Waals surface area contributed by atoms with Gasteiger partial charge in [0.1, 0.15) is 5.82 Å². The Morgan fingerprint density at radius 1 is 1.37 bits per heavy atom. The summed E-state index contributed by atoms with van der Waals surface area (Å²) >= 11 is 0. The van der Waals surface area contributed by atoms with Gasteiger partial charge in [-0.15, -0.1) is 0 Å². The maximum Gasteiger partial charge on any atom is 0.254 e. The van der Waals surface area contributed by atoms with Crippen LogP contribution in [0.2, 0.25) is 0 Å². The summed E-state index contributed by atoms with van der Waals surface area (Å²) in [4.78, 5) is 14.3. The quantitative estimate of drug-likeness (QED) is 0.912. The van der Waals surface area contributed by atoms with Crippen molar-refractivity contribution >= 4 is 5.91 Å². The number of hydrogen-bond donors (Lipinski definition) is 1. The number of rotatable bonds is 3. The van der Waals surface area contributed by atoms with Crippen LogP contribution >= 0.6 is 0 Å². The number of nitrogens with two attached hydrogens (primary N) is 1. The molecule has 0 unspecified atom stereocenters. The number of amides is 1. The zero-order valence-electron chi connectivity index (χ0n) is 11.3. The molecule has 1 aromatic carbocycles. The number of benzene rings is 1. The normalized spacial score (nSPS) is 23.1. The fourth-order valence-corrected chi connectivity index (χ4v) is 2.77. The molecule has 1 aromatic rings. The number of carbonyl (C=O) groups excluding carboxylic acids is 1. The molecule has 104 valence electrons. The number of halogens is 1. The second-order valence-electron chi connectivity index (χ2n) is 5.17. The van der Waals surface area contributed by atoms with Gasteiger partial charge in [-0.1, -0.05) is 6.07 Å². The molecule has 19 heavy (non-hydrogen) atoms. The summed E-state index contributed by atoms with van der Waals surface area (Å²) in [5.41, 5.74) is 6.32. The molecule has 1 fully saturated rings. The van der Waals surface area contributed by atoms with Crippen LogP contribution in [0, 0.1) is 5.82 Å². The summed E-state index contributed by atoms with van der Waals surface area (Å²) in [6, 6.07) is 6.40. The van der Waals surface area contributed by atoms with E-state index < -0.39 is 0 Å². The Morgan fingerprint density at radius 2 is 2.05 bits per heavy atom. The van der Waals surface area contributed by atoms with Crippen LogP contribution < -0.4 is 5.73 Å². The smallest absolute Gasteiger partial charge is 0.254 e. The lowest BCUT2D eigenvalue weighted by Crippen LogP contribution is -2.44. The van der Waals surface area contributed by atoms with Gasteiger partial charge in [-0.05, 0) is 50.8 Å². The highest BCUT2D eigenvalue weighted by atomic mass is 19.1. The molecule has 0 aliphatic heterocycles. The SMILES string of the molecule is CCN(C(=O)c1cccc(F)c1)C1CCC(N)CC1. The molecule has 0 spiro atoms. The Morgan fingerprint density at radius 3 is 2.63 bits per heavy atom. The van der Waals surface area contributed by atoms with Crippen molar-refractivity contribution in [1.29, 1.82) is 0 Å². The average Bonchev–Trinajstić information content (AvgIpc) is 2.41. The maximum absolute atomic E-state index is 13.2. The van der Waals surface area contributed by atoms with Gasteiger partial charge in [-0.25, -0.2) is 4.39 Å². The van der Waals surface area contributed by atoms with E-state index in [1.54, 1.807) is 12.1 Å². The average molecular weight is 264 g/mol. The molecule has 1 saturated carbocycles. The lowest BCUT2D eigenvalue weighted by atomic mass is 9.90. The molecular weight excluding hydrogens is 243 g/mol. The van der Waals surface area contributed by atoms with Crippen molar-refractivity contribution in [3.63, 3.8) is 0 Å². The number of hydrogen-bond acceptors (Lipinski definition) is 2. The molecule has 0 atom stereocenters. The van der Waals surface area contributed by atoms with E-state index in [2.05, 4.69) is 0 Å². The van der Waals surface area contributed by atoms with E-state index in [0.29, 0.717) is 12.1 Å². The second kappa shape index (κ2) is 6.15. The van der Waals surface area contributed by atoms with E-state index in [9.17, 15) is 9.18 Å². The highest BCUT2D eigenvalue weighted by Gasteiger charge is 2.27. The summed E-state index contributed by atoms with van der Waals surface area (Å²) < 4.78 is 13.2. The first-order valence-corrected chi connectivity index (χ1v) is 6.94. The fourth-order valence-electron chi connectivity index (χ4n) is 2.77. The Labute approximate surface area is 113 Å². The summed E-state index contributed by atoms with van der Waals surface area (Å²) in [6.45, 7) is 2.61. The Balaban J connectivity index is 2.11. The molecule has 1 aliphatic rings.